The van der Waals surface area contributed by atoms with Gasteiger partial charge in [-0.1, -0.05) is 42.5 Å². The zero-order chi connectivity index (χ0) is 26.2. The lowest BCUT2D eigenvalue weighted by Gasteiger charge is -2.11. The number of rotatable bonds is 7. The summed E-state index contributed by atoms with van der Waals surface area (Å²) in [5.41, 5.74) is 3.84. The van der Waals surface area contributed by atoms with E-state index in [2.05, 4.69) is 25.9 Å². The number of benzene rings is 3. The Balaban J connectivity index is 1.28. The van der Waals surface area contributed by atoms with Gasteiger partial charge in [0.05, 0.1) is 16.9 Å². The Bertz CT molecular complexity index is 1640. The number of amidine groups is 1. The van der Waals surface area contributed by atoms with E-state index in [-0.39, 0.29) is 11.9 Å². The van der Waals surface area contributed by atoms with Crippen molar-refractivity contribution in [3.8, 4) is 11.9 Å². The van der Waals surface area contributed by atoms with Crippen LogP contribution in [0, 0.1) is 11.5 Å². The molecule has 3 N–H and O–H groups in total. The van der Waals surface area contributed by atoms with E-state index in [0.717, 1.165) is 22.2 Å². The number of nitriles is 1. The lowest BCUT2D eigenvalue weighted by Crippen LogP contribution is -2.24. The minimum atomic E-state index is -0.237. The molecule has 3 aromatic carbocycles. The summed E-state index contributed by atoms with van der Waals surface area (Å²) in [5.74, 6) is 0.301. The highest BCUT2D eigenvalue weighted by atomic mass is 32.1. The monoisotopic (exact) mass is 518 g/mol. The number of amides is 1. The van der Waals surface area contributed by atoms with Crippen LogP contribution in [-0.4, -0.2) is 16.9 Å². The van der Waals surface area contributed by atoms with E-state index in [1.54, 1.807) is 42.6 Å². The summed E-state index contributed by atoms with van der Waals surface area (Å²) >= 11 is 1.36. The maximum atomic E-state index is 13.1. The van der Waals surface area contributed by atoms with Crippen LogP contribution < -0.4 is 20.7 Å². The number of anilines is 2. The lowest BCUT2D eigenvalue weighted by molar-refractivity contribution is 0.103. The molecule has 0 aliphatic heterocycles. The predicted octanol–water partition coefficient (Wildman–Crippen LogP) is 6.30. The molecule has 0 spiro atoms. The molecule has 0 atom stereocenters. The van der Waals surface area contributed by atoms with Gasteiger partial charge in [0.1, 0.15) is 10.6 Å². The third-order valence-electron chi connectivity index (χ3n) is 5.54. The molecule has 0 radical (unpaired) electrons. The summed E-state index contributed by atoms with van der Waals surface area (Å²) in [7, 11) is 0. The Kier molecular flexibility index (Phi) is 7.53. The first-order valence-electron chi connectivity index (χ1n) is 11.7. The number of nitrogens with zero attached hydrogens (tertiary/aromatic N) is 3. The molecule has 38 heavy (non-hydrogen) atoms. The first-order chi connectivity index (χ1) is 18.7. The minimum Gasteiger partial charge on any atom is -0.425 e. The van der Waals surface area contributed by atoms with Crippen molar-refractivity contribution in [1.82, 2.24) is 10.3 Å². The first-order valence-corrected chi connectivity index (χ1v) is 12.6. The second-order valence-corrected chi connectivity index (χ2v) is 8.99. The van der Waals surface area contributed by atoms with Crippen LogP contribution in [-0.2, 0) is 6.54 Å². The first kappa shape index (κ1) is 24.5. The largest absolute Gasteiger partial charge is 0.425 e. The molecule has 0 saturated heterocycles. The number of thiophene rings is 1. The van der Waals surface area contributed by atoms with Crippen molar-refractivity contribution < 1.29 is 9.53 Å². The second-order valence-electron chi connectivity index (χ2n) is 8.08. The van der Waals surface area contributed by atoms with Crippen molar-refractivity contribution in [3.05, 3.63) is 113 Å². The van der Waals surface area contributed by atoms with Crippen LogP contribution in [0.5, 0.6) is 5.75 Å². The predicted molar refractivity (Wildman–Crippen MR) is 151 cm³/mol. The number of pyridine rings is 1. The van der Waals surface area contributed by atoms with Crippen LogP contribution in [0.15, 0.2) is 108 Å². The van der Waals surface area contributed by atoms with Gasteiger partial charge in [-0.05, 0) is 59.5 Å². The SMILES string of the molecule is N#CNC(=Nc1cccc(NC(=O)c2sccc2NCc2ccnc3ccccc23)c1)Oc1ccccc1. The summed E-state index contributed by atoms with van der Waals surface area (Å²) in [5, 5.41) is 20.8. The van der Waals surface area contributed by atoms with Crippen molar-refractivity contribution in [3.63, 3.8) is 0 Å². The molecule has 8 nitrogen and oxygen atoms in total. The number of para-hydroxylation sites is 2. The van der Waals surface area contributed by atoms with E-state index in [1.807, 2.05) is 66.2 Å². The zero-order valence-electron chi connectivity index (χ0n) is 20.1. The molecular formula is C29H22N6O2S. The maximum absolute atomic E-state index is 13.1. The average molecular weight is 519 g/mol. The average Bonchev–Trinajstić information content (AvgIpc) is 3.42. The molecule has 5 aromatic rings. The van der Waals surface area contributed by atoms with Gasteiger partial charge in [-0.15, -0.1) is 11.3 Å². The van der Waals surface area contributed by atoms with Crippen molar-refractivity contribution in [2.75, 3.05) is 10.6 Å². The van der Waals surface area contributed by atoms with E-state index < -0.39 is 0 Å². The summed E-state index contributed by atoms with van der Waals surface area (Å²) in [6.07, 6.45) is 3.62. The normalized spacial score (nSPS) is 11.0. The van der Waals surface area contributed by atoms with Crippen LogP contribution in [0.1, 0.15) is 15.2 Å². The molecule has 2 aromatic heterocycles. The quantitative estimate of drug-likeness (QED) is 0.101. The molecule has 1 amide bonds. The standard InChI is InChI=1S/C29H22N6O2S/c30-19-33-29(37-23-9-2-1-3-10-23)35-22-8-6-7-21(17-22)34-28(36)27-26(14-16-38-27)32-18-20-13-15-31-25-12-5-4-11-24(20)25/h1-17,32H,18H2,(H,33,35)(H,34,36). The summed E-state index contributed by atoms with van der Waals surface area (Å²) in [4.78, 5) is 22.5. The second kappa shape index (κ2) is 11.7. The van der Waals surface area contributed by atoms with E-state index in [0.29, 0.717) is 28.5 Å². The van der Waals surface area contributed by atoms with Gasteiger partial charge < -0.3 is 15.4 Å². The van der Waals surface area contributed by atoms with Crippen LogP contribution in [0.4, 0.5) is 17.1 Å². The Labute approximate surface area is 223 Å². The van der Waals surface area contributed by atoms with Gasteiger partial charge in [-0.3, -0.25) is 9.78 Å². The van der Waals surface area contributed by atoms with Gasteiger partial charge in [0.15, 0.2) is 6.19 Å². The fraction of sp³-hybridized carbons (Fsp3) is 0.0345. The number of nitrogens with one attached hydrogen (secondary N) is 3. The number of hydrogen-bond acceptors (Lipinski definition) is 7. The molecule has 0 fully saturated rings. The van der Waals surface area contributed by atoms with E-state index in [4.69, 9.17) is 10.00 Å². The number of ether oxygens (including phenoxy) is 1. The fourth-order valence-corrected chi connectivity index (χ4v) is 4.57. The van der Waals surface area contributed by atoms with Crippen LogP contribution in [0.25, 0.3) is 10.9 Å². The van der Waals surface area contributed by atoms with Gasteiger partial charge in [-0.25, -0.2) is 5.32 Å². The molecule has 5 rings (SSSR count). The minimum absolute atomic E-state index is 0.0237. The Morgan fingerprint density at radius 1 is 1.00 bits per heavy atom. The Morgan fingerprint density at radius 3 is 2.71 bits per heavy atom. The highest BCUT2D eigenvalue weighted by Gasteiger charge is 2.14. The molecule has 0 aliphatic carbocycles. The number of aromatic nitrogens is 1. The van der Waals surface area contributed by atoms with Crippen molar-refractivity contribution >= 4 is 51.2 Å². The lowest BCUT2D eigenvalue weighted by atomic mass is 10.1. The number of aliphatic imine (C=N–C) groups is 1. The topological polar surface area (TPSA) is 111 Å². The number of fused-ring (bicyclic) bond motifs is 1. The highest BCUT2D eigenvalue weighted by Crippen LogP contribution is 2.26. The maximum Gasteiger partial charge on any atom is 0.309 e. The highest BCUT2D eigenvalue weighted by molar-refractivity contribution is 7.12. The van der Waals surface area contributed by atoms with E-state index in [9.17, 15) is 4.79 Å². The smallest absolute Gasteiger partial charge is 0.309 e. The molecule has 0 bridgehead atoms. The molecule has 9 heteroatoms. The van der Waals surface area contributed by atoms with Crippen molar-refractivity contribution in [2.45, 2.75) is 6.54 Å². The number of hydrogen-bond donors (Lipinski definition) is 3. The van der Waals surface area contributed by atoms with E-state index >= 15 is 0 Å². The van der Waals surface area contributed by atoms with Gasteiger partial charge >= 0.3 is 6.02 Å². The molecule has 0 saturated carbocycles. The third-order valence-corrected chi connectivity index (χ3v) is 6.45. The number of carbonyl (C=O) groups is 1. The Hall–Kier alpha value is -5.20. The molecule has 0 aliphatic rings. The van der Waals surface area contributed by atoms with Gasteiger partial charge in [0.2, 0.25) is 0 Å². The van der Waals surface area contributed by atoms with Crippen LogP contribution >= 0.6 is 11.3 Å². The van der Waals surface area contributed by atoms with Crippen molar-refractivity contribution in [2.24, 2.45) is 4.99 Å². The third kappa shape index (κ3) is 5.95. The molecular weight excluding hydrogens is 496 g/mol. The van der Waals surface area contributed by atoms with Crippen molar-refractivity contribution in [1.29, 1.82) is 5.26 Å². The fourth-order valence-electron chi connectivity index (χ4n) is 3.81. The van der Waals surface area contributed by atoms with E-state index in [1.165, 1.54) is 11.3 Å². The number of carbonyl (C=O) groups excluding carboxylic acids is 1. The zero-order valence-corrected chi connectivity index (χ0v) is 20.9. The summed E-state index contributed by atoms with van der Waals surface area (Å²) in [6, 6.07) is 27.9. The molecule has 2 heterocycles. The summed E-state index contributed by atoms with van der Waals surface area (Å²) < 4.78 is 5.66. The molecule has 186 valence electrons. The van der Waals surface area contributed by atoms with Crippen LogP contribution in [0.2, 0.25) is 0 Å². The van der Waals surface area contributed by atoms with Gasteiger partial charge in [0.25, 0.3) is 5.91 Å². The molecule has 0 unspecified atom stereocenters. The van der Waals surface area contributed by atoms with Gasteiger partial charge in [-0.2, -0.15) is 10.3 Å². The Morgan fingerprint density at radius 2 is 1.84 bits per heavy atom. The summed E-state index contributed by atoms with van der Waals surface area (Å²) in [6.45, 7) is 0.556. The van der Waals surface area contributed by atoms with Gasteiger partial charge in [0, 0.05) is 23.8 Å². The van der Waals surface area contributed by atoms with Crippen LogP contribution in [0.3, 0.4) is 0 Å².